The van der Waals surface area contributed by atoms with Crippen molar-refractivity contribution in [2.45, 2.75) is 45.6 Å². The lowest BCUT2D eigenvalue weighted by atomic mass is 9.94. The summed E-state index contributed by atoms with van der Waals surface area (Å²) in [6, 6.07) is 14.4. The van der Waals surface area contributed by atoms with E-state index in [0.717, 1.165) is 17.4 Å². The van der Waals surface area contributed by atoms with E-state index in [1.165, 1.54) is 5.39 Å². The van der Waals surface area contributed by atoms with Gasteiger partial charge in [-0.05, 0) is 43.5 Å². The first-order chi connectivity index (χ1) is 9.40. The number of carbonyl (C=O) groups is 1. The molecule has 0 amide bonds. The van der Waals surface area contributed by atoms with Crippen molar-refractivity contribution in [3.8, 4) is 0 Å². The maximum Gasteiger partial charge on any atom is 0.313 e. The van der Waals surface area contributed by atoms with Crippen molar-refractivity contribution in [3.05, 3.63) is 48.0 Å². The summed E-state index contributed by atoms with van der Waals surface area (Å²) in [7, 11) is 0. The highest BCUT2D eigenvalue weighted by molar-refractivity contribution is 5.86. The molecule has 0 aliphatic heterocycles. The zero-order valence-corrected chi connectivity index (χ0v) is 12.6. The van der Waals surface area contributed by atoms with Crippen LogP contribution < -0.4 is 0 Å². The molecule has 0 saturated carbocycles. The van der Waals surface area contributed by atoms with Crippen LogP contribution in [0.4, 0.5) is 0 Å². The highest BCUT2D eigenvalue weighted by Crippen LogP contribution is 2.26. The highest BCUT2D eigenvalue weighted by Gasteiger charge is 2.25. The van der Waals surface area contributed by atoms with E-state index >= 15 is 0 Å². The molecule has 0 radical (unpaired) electrons. The second kappa shape index (κ2) is 5.66. The Hall–Kier alpha value is -1.83. The Labute approximate surface area is 120 Å². The summed E-state index contributed by atoms with van der Waals surface area (Å²) < 4.78 is 5.52. The number of esters is 1. The summed E-state index contributed by atoms with van der Waals surface area (Å²) in [6.45, 7) is 7.72. The lowest BCUT2D eigenvalue weighted by molar-refractivity contribution is -0.156. The van der Waals surface area contributed by atoms with Crippen LogP contribution in [0, 0.1) is 0 Å². The molecule has 1 atom stereocenters. The van der Waals surface area contributed by atoms with Gasteiger partial charge in [0.1, 0.15) is 5.60 Å². The zero-order chi connectivity index (χ0) is 14.8. The van der Waals surface area contributed by atoms with Crippen LogP contribution in [0.15, 0.2) is 42.5 Å². The predicted octanol–water partition coefficient (Wildman–Crippen LogP) is 4.68. The van der Waals surface area contributed by atoms with Crippen molar-refractivity contribution in [3.63, 3.8) is 0 Å². The summed E-state index contributed by atoms with van der Waals surface area (Å²) in [5.41, 5.74) is 0.585. The van der Waals surface area contributed by atoms with Gasteiger partial charge in [-0.1, -0.05) is 49.4 Å². The first-order valence-corrected chi connectivity index (χ1v) is 7.12. The molecule has 2 heteroatoms. The third-order valence-electron chi connectivity index (χ3n) is 3.28. The minimum absolute atomic E-state index is 0.143. The SMILES string of the molecule is CCC(C(=O)OC(C)(C)C)c1ccc2ccccc2c1. The van der Waals surface area contributed by atoms with Gasteiger partial charge >= 0.3 is 5.97 Å². The van der Waals surface area contributed by atoms with E-state index in [0.29, 0.717) is 0 Å². The van der Waals surface area contributed by atoms with Crippen LogP contribution in [0.3, 0.4) is 0 Å². The number of carbonyl (C=O) groups excluding carboxylic acids is 1. The van der Waals surface area contributed by atoms with Crippen LogP contribution in [-0.2, 0) is 9.53 Å². The molecule has 106 valence electrons. The van der Waals surface area contributed by atoms with E-state index in [1.54, 1.807) is 0 Å². The van der Waals surface area contributed by atoms with E-state index in [1.807, 2.05) is 45.9 Å². The minimum Gasteiger partial charge on any atom is -0.459 e. The minimum atomic E-state index is -0.443. The van der Waals surface area contributed by atoms with Crippen LogP contribution in [-0.4, -0.2) is 11.6 Å². The summed E-state index contributed by atoms with van der Waals surface area (Å²) in [5.74, 6) is -0.339. The summed E-state index contributed by atoms with van der Waals surface area (Å²) in [6.07, 6.45) is 0.743. The van der Waals surface area contributed by atoms with Gasteiger partial charge in [0.05, 0.1) is 5.92 Å². The number of benzene rings is 2. The van der Waals surface area contributed by atoms with E-state index in [2.05, 4.69) is 24.3 Å². The number of fused-ring (bicyclic) bond motifs is 1. The van der Waals surface area contributed by atoms with E-state index < -0.39 is 5.60 Å². The fraction of sp³-hybridized carbons (Fsp3) is 0.389. The van der Waals surface area contributed by atoms with Crippen molar-refractivity contribution in [1.82, 2.24) is 0 Å². The first kappa shape index (κ1) is 14.6. The molecule has 0 bridgehead atoms. The molecule has 2 aromatic carbocycles. The molecule has 2 rings (SSSR count). The highest BCUT2D eigenvalue weighted by atomic mass is 16.6. The lowest BCUT2D eigenvalue weighted by Gasteiger charge is -2.23. The molecule has 1 unspecified atom stereocenters. The molecule has 0 fully saturated rings. The first-order valence-electron chi connectivity index (χ1n) is 7.12. The molecule has 0 aliphatic rings. The van der Waals surface area contributed by atoms with Gasteiger partial charge in [0, 0.05) is 0 Å². The van der Waals surface area contributed by atoms with Gasteiger partial charge in [-0.25, -0.2) is 0 Å². The van der Waals surface area contributed by atoms with E-state index in [9.17, 15) is 4.79 Å². The monoisotopic (exact) mass is 270 g/mol. The maximum atomic E-state index is 12.3. The number of hydrogen-bond acceptors (Lipinski definition) is 2. The molecule has 0 aliphatic carbocycles. The lowest BCUT2D eigenvalue weighted by Crippen LogP contribution is -2.27. The summed E-state index contributed by atoms with van der Waals surface area (Å²) in [4.78, 5) is 12.3. The fourth-order valence-electron chi connectivity index (χ4n) is 2.34. The Bertz CT molecular complexity index is 608. The Morgan fingerprint density at radius 3 is 2.35 bits per heavy atom. The van der Waals surface area contributed by atoms with E-state index in [4.69, 9.17) is 4.74 Å². The van der Waals surface area contributed by atoms with E-state index in [-0.39, 0.29) is 11.9 Å². The van der Waals surface area contributed by atoms with Gasteiger partial charge in [-0.3, -0.25) is 4.79 Å². The smallest absolute Gasteiger partial charge is 0.313 e. The molecule has 20 heavy (non-hydrogen) atoms. The van der Waals surface area contributed by atoms with Gasteiger partial charge in [-0.2, -0.15) is 0 Å². The molecule has 0 heterocycles. The van der Waals surface area contributed by atoms with Crippen molar-refractivity contribution >= 4 is 16.7 Å². The maximum absolute atomic E-state index is 12.3. The van der Waals surface area contributed by atoms with Crippen LogP contribution in [0.1, 0.15) is 45.6 Å². The normalized spacial score (nSPS) is 13.2. The summed E-state index contributed by atoms with van der Waals surface area (Å²) >= 11 is 0. The van der Waals surface area contributed by atoms with Gasteiger partial charge < -0.3 is 4.74 Å². The molecule has 2 aromatic rings. The van der Waals surface area contributed by atoms with Crippen LogP contribution in [0.2, 0.25) is 0 Å². The second-order valence-electron chi connectivity index (χ2n) is 6.10. The van der Waals surface area contributed by atoms with Gasteiger partial charge in [0.2, 0.25) is 0 Å². The topological polar surface area (TPSA) is 26.3 Å². The standard InChI is InChI=1S/C18H22O2/c1-5-16(17(19)20-18(2,3)4)15-11-10-13-8-6-7-9-14(13)12-15/h6-12,16H,5H2,1-4H3. The number of hydrogen-bond donors (Lipinski definition) is 0. The number of ether oxygens (including phenoxy) is 1. The molecular weight excluding hydrogens is 248 g/mol. The summed E-state index contributed by atoms with van der Waals surface area (Å²) in [5, 5.41) is 2.35. The van der Waals surface area contributed by atoms with Crippen LogP contribution >= 0.6 is 0 Å². The Kier molecular flexibility index (Phi) is 4.12. The average Bonchev–Trinajstić information content (AvgIpc) is 2.37. The molecule has 0 saturated heterocycles. The number of rotatable bonds is 3. The largest absolute Gasteiger partial charge is 0.459 e. The van der Waals surface area contributed by atoms with Crippen LogP contribution in [0.25, 0.3) is 10.8 Å². The third kappa shape index (κ3) is 3.38. The molecule has 0 spiro atoms. The van der Waals surface area contributed by atoms with Crippen molar-refractivity contribution in [1.29, 1.82) is 0 Å². The van der Waals surface area contributed by atoms with Gasteiger partial charge in [0.25, 0.3) is 0 Å². The van der Waals surface area contributed by atoms with Crippen molar-refractivity contribution in [2.75, 3.05) is 0 Å². The quantitative estimate of drug-likeness (QED) is 0.757. The van der Waals surface area contributed by atoms with Crippen molar-refractivity contribution < 1.29 is 9.53 Å². The fourth-order valence-corrected chi connectivity index (χ4v) is 2.34. The van der Waals surface area contributed by atoms with Gasteiger partial charge in [0.15, 0.2) is 0 Å². The molecule has 0 aromatic heterocycles. The van der Waals surface area contributed by atoms with Gasteiger partial charge in [-0.15, -0.1) is 0 Å². The third-order valence-corrected chi connectivity index (χ3v) is 3.28. The molecular formula is C18H22O2. The Morgan fingerprint density at radius 2 is 1.75 bits per heavy atom. The predicted molar refractivity (Wildman–Crippen MR) is 82.8 cm³/mol. The van der Waals surface area contributed by atoms with Crippen LogP contribution in [0.5, 0.6) is 0 Å². The molecule has 2 nitrogen and oxygen atoms in total. The van der Waals surface area contributed by atoms with Crippen molar-refractivity contribution in [2.24, 2.45) is 0 Å². The Morgan fingerprint density at radius 1 is 1.10 bits per heavy atom. The zero-order valence-electron chi connectivity index (χ0n) is 12.6. The Balaban J connectivity index is 2.31. The average molecular weight is 270 g/mol. The second-order valence-corrected chi connectivity index (χ2v) is 6.10. The molecule has 0 N–H and O–H groups in total.